The number of halogens is 1. The Labute approximate surface area is 201 Å². The molecule has 0 spiro atoms. The Balaban J connectivity index is 1.46. The number of nitrogens with one attached hydrogen (secondary N) is 2. The van der Waals surface area contributed by atoms with Gasteiger partial charge in [0, 0.05) is 18.7 Å². The molecule has 35 heavy (non-hydrogen) atoms. The summed E-state index contributed by atoms with van der Waals surface area (Å²) in [5.74, 6) is -0.867. The molecule has 0 saturated carbocycles. The molecule has 1 aliphatic rings. The standard InChI is InChI=1S/C26H24FN3O5/c1-34-23-13-12-17(15-21(23)30-14-6-11-25(30)32)28-26(33)18-7-2-5-10-22(18)35-16-24(31)29-20-9-4-3-8-19(20)27/h2-5,7-10,12-13,15H,6,11,14,16H2,1H3,(H,28,33)(H,29,31). The van der Waals surface area contributed by atoms with Crippen molar-refractivity contribution in [2.45, 2.75) is 12.8 Å². The molecule has 4 rings (SSSR count). The van der Waals surface area contributed by atoms with Gasteiger partial charge >= 0.3 is 0 Å². The Kier molecular flexibility index (Phi) is 7.25. The number of carbonyl (C=O) groups excluding carboxylic acids is 3. The summed E-state index contributed by atoms with van der Waals surface area (Å²) < 4.78 is 24.7. The minimum Gasteiger partial charge on any atom is -0.495 e. The molecule has 8 nitrogen and oxygen atoms in total. The van der Waals surface area contributed by atoms with Gasteiger partial charge in [-0.25, -0.2) is 4.39 Å². The van der Waals surface area contributed by atoms with Gasteiger partial charge in [0.15, 0.2) is 6.61 Å². The van der Waals surface area contributed by atoms with Gasteiger partial charge in [-0.2, -0.15) is 0 Å². The zero-order valence-corrected chi connectivity index (χ0v) is 19.0. The van der Waals surface area contributed by atoms with Crippen LogP contribution in [-0.2, 0) is 9.59 Å². The molecule has 1 aliphatic heterocycles. The molecule has 0 atom stereocenters. The zero-order valence-electron chi connectivity index (χ0n) is 19.0. The average Bonchev–Trinajstić information content (AvgIpc) is 3.30. The van der Waals surface area contributed by atoms with E-state index in [1.807, 2.05) is 0 Å². The number of hydrogen-bond acceptors (Lipinski definition) is 5. The number of amides is 3. The quantitative estimate of drug-likeness (QED) is 0.506. The molecule has 3 amide bonds. The van der Waals surface area contributed by atoms with Gasteiger partial charge in [-0.15, -0.1) is 0 Å². The van der Waals surface area contributed by atoms with Gasteiger partial charge in [0.2, 0.25) is 5.91 Å². The highest BCUT2D eigenvalue weighted by atomic mass is 19.1. The van der Waals surface area contributed by atoms with E-state index >= 15 is 0 Å². The van der Waals surface area contributed by atoms with Crippen molar-refractivity contribution in [1.82, 2.24) is 0 Å². The number of carbonyl (C=O) groups is 3. The number of para-hydroxylation sites is 2. The first-order chi connectivity index (χ1) is 17.0. The van der Waals surface area contributed by atoms with Crippen LogP contribution in [0.2, 0.25) is 0 Å². The van der Waals surface area contributed by atoms with Crippen LogP contribution in [0.25, 0.3) is 0 Å². The van der Waals surface area contributed by atoms with Crippen molar-refractivity contribution < 1.29 is 28.2 Å². The molecule has 2 N–H and O–H groups in total. The Morgan fingerprint density at radius 2 is 1.77 bits per heavy atom. The van der Waals surface area contributed by atoms with E-state index in [-0.39, 0.29) is 22.9 Å². The number of ether oxygens (including phenoxy) is 2. The lowest BCUT2D eigenvalue weighted by Crippen LogP contribution is -2.24. The van der Waals surface area contributed by atoms with Crippen LogP contribution in [-0.4, -0.2) is 38.0 Å². The number of rotatable bonds is 8. The van der Waals surface area contributed by atoms with Gasteiger partial charge in [-0.3, -0.25) is 14.4 Å². The number of benzene rings is 3. The molecule has 3 aromatic carbocycles. The summed E-state index contributed by atoms with van der Waals surface area (Å²) >= 11 is 0. The fourth-order valence-electron chi connectivity index (χ4n) is 3.75. The fraction of sp³-hybridized carbons (Fsp3) is 0.192. The summed E-state index contributed by atoms with van der Waals surface area (Å²) in [7, 11) is 1.52. The lowest BCUT2D eigenvalue weighted by Gasteiger charge is -2.20. The maximum Gasteiger partial charge on any atom is 0.262 e. The highest BCUT2D eigenvalue weighted by Gasteiger charge is 2.25. The Hall–Kier alpha value is -4.40. The number of nitrogens with zero attached hydrogens (tertiary/aromatic N) is 1. The molecule has 1 fully saturated rings. The van der Waals surface area contributed by atoms with Crippen molar-refractivity contribution in [1.29, 1.82) is 0 Å². The normalized spacial score (nSPS) is 12.9. The first-order valence-electron chi connectivity index (χ1n) is 11.0. The van der Waals surface area contributed by atoms with Gasteiger partial charge in [-0.1, -0.05) is 24.3 Å². The number of hydrogen-bond donors (Lipinski definition) is 2. The van der Waals surface area contributed by atoms with Crippen molar-refractivity contribution in [2.24, 2.45) is 0 Å². The van der Waals surface area contributed by atoms with Crippen LogP contribution < -0.4 is 25.0 Å². The van der Waals surface area contributed by atoms with E-state index in [1.165, 1.54) is 25.3 Å². The van der Waals surface area contributed by atoms with Crippen LogP contribution >= 0.6 is 0 Å². The number of anilines is 3. The zero-order chi connectivity index (χ0) is 24.8. The molecule has 0 aromatic heterocycles. The third-order valence-corrected chi connectivity index (χ3v) is 5.44. The Morgan fingerprint density at radius 1 is 1.00 bits per heavy atom. The first-order valence-corrected chi connectivity index (χ1v) is 11.0. The predicted octanol–water partition coefficient (Wildman–Crippen LogP) is 4.23. The third-order valence-electron chi connectivity index (χ3n) is 5.44. The molecule has 0 unspecified atom stereocenters. The maximum absolute atomic E-state index is 13.7. The molecule has 9 heteroatoms. The SMILES string of the molecule is COc1ccc(NC(=O)c2ccccc2OCC(=O)Nc2ccccc2F)cc1N1CCCC1=O. The summed E-state index contributed by atoms with van der Waals surface area (Å²) in [6, 6.07) is 17.3. The summed E-state index contributed by atoms with van der Waals surface area (Å²) in [6.07, 6.45) is 1.22. The second-order valence-electron chi connectivity index (χ2n) is 7.80. The van der Waals surface area contributed by atoms with Gasteiger partial charge < -0.3 is 25.0 Å². The molecule has 3 aromatic rings. The molecular formula is C26H24FN3O5. The highest BCUT2D eigenvalue weighted by Crippen LogP contribution is 2.34. The second-order valence-corrected chi connectivity index (χ2v) is 7.80. The van der Waals surface area contributed by atoms with Crippen LogP contribution in [0, 0.1) is 5.82 Å². The Morgan fingerprint density at radius 3 is 2.51 bits per heavy atom. The smallest absolute Gasteiger partial charge is 0.262 e. The monoisotopic (exact) mass is 477 g/mol. The van der Waals surface area contributed by atoms with Crippen LogP contribution in [0.4, 0.5) is 21.5 Å². The molecule has 1 heterocycles. The molecule has 1 saturated heterocycles. The summed E-state index contributed by atoms with van der Waals surface area (Å²) in [5.41, 5.74) is 1.31. The van der Waals surface area contributed by atoms with E-state index in [9.17, 15) is 18.8 Å². The van der Waals surface area contributed by atoms with Crippen LogP contribution in [0.3, 0.4) is 0 Å². The minimum atomic E-state index is -0.569. The third kappa shape index (κ3) is 5.57. The number of methoxy groups -OCH3 is 1. The minimum absolute atomic E-state index is 0.000757. The first kappa shape index (κ1) is 23.7. The van der Waals surface area contributed by atoms with Crippen LogP contribution in [0.5, 0.6) is 11.5 Å². The molecule has 180 valence electrons. The lowest BCUT2D eigenvalue weighted by atomic mass is 10.1. The summed E-state index contributed by atoms with van der Waals surface area (Å²) in [5, 5.41) is 5.23. The molecule has 0 bridgehead atoms. The maximum atomic E-state index is 13.7. The Bertz CT molecular complexity index is 1260. The van der Waals surface area contributed by atoms with Crippen LogP contribution in [0.15, 0.2) is 66.7 Å². The van der Waals surface area contributed by atoms with Gasteiger partial charge in [-0.05, 0) is 48.9 Å². The van der Waals surface area contributed by atoms with Crippen molar-refractivity contribution in [3.63, 3.8) is 0 Å². The predicted molar refractivity (Wildman–Crippen MR) is 130 cm³/mol. The van der Waals surface area contributed by atoms with E-state index in [1.54, 1.807) is 53.4 Å². The van der Waals surface area contributed by atoms with Crippen molar-refractivity contribution >= 4 is 34.8 Å². The average molecular weight is 477 g/mol. The molecular weight excluding hydrogens is 453 g/mol. The van der Waals surface area contributed by atoms with E-state index in [0.29, 0.717) is 30.1 Å². The molecule has 0 radical (unpaired) electrons. The molecule has 0 aliphatic carbocycles. The van der Waals surface area contributed by atoms with Crippen molar-refractivity contribution in [3.05, 3.63) is 78.1 Å². The largest absolute Gasteiger partial charge is 0.495 e. The van der Waals surface area contributed by atoms with E-state index < -0.39 is 24.2 Å². The topological polar surface area (TPSA) is 97.0 Å². The van der Waals surface area contributed by atoms with Crippen molar-refractivity contribution in [2.75, 3.05) is 35.8 Å². The van der Waals surface area contributed by atoms with Gasteiger partial charge in [0.1, 0.15) is 17.3 Å². The van der Waals surface area contributed by atoms with E-state index in [0.717, 1.165) is 6.42 Å². The van der Waals surface area contributed by atoms with Gasteiger partial charge in [0.05, 0.1) is 24.0 Å². The van der Waals surface area contributed by atoms with E-state index in [2.05, 4.69) is 10.6 Å². The fourth-order valence-corrected chi connectivity index (χ4v) is 3.75. The van der Waals surface area contributed by atoms with Crippen molar-refractivity contribution in [3.8, 4) is 11.5 Å². The lowest BCUT2D eigenvalue weighted by molar-refractivity contribution is -0.118. The van der Waals surface area contributed by atoms with Crippen LogP contribution in [0.1, 0.15) is 23.2 Å². The summed E-state index contributed by atoms with van der Waals surface area (Å²) in [4.78, 5) is 39.1. The highest BCUT2D eigenvalue weighted by molar-refractivity contribution is 6.07. The second kappa shape index (κ2) is 10.7. The van der Waals surface area contributed by atoms with E-state index in [4.69, 9.17) is 9.47 Å². The summed E-state index contributed by atoms with van der Waals surface area (Å²) in [6.45, 7) is 0.167. The van der Waals surface area contributed by atoms with Gasteiger partial charge in [0.25, 0.3) is 11.8 Å².